The predicted octanol–water partition coefficient (Wildman–Crippen LogP) is 5.73. The molecule has 5 rings (SSSR count). The normalized spacial score (nSPS) is 11.4. The summed E-state index contributed by atoms with van der Waals surface area (Å²) >= 11 is 1.04. The lowest BCUT2D eigenvalue weighted by atomic mass is 10.1. The van der Waals surface area contributed by atoms with Crippen LogP contribution in [-0.2, 0) is 29.5 Å². The molecule has 9 nitrogen and oxygen atoms in total. The summed E-state index contributed by atoms with van der Waals surface area (Å²) in [5.74, 6) is 1.28. The van der Waals surface area contributed by atoms with E-state index in [2.05, 4.69) is 12.1 Å². The van der Waals surface area contributed by atoms with Crippen molar-refractivity contribution in [3.8, 4) is 11.1 Å². The second-order valence-corrected chi connectivity index (χ2v) is 12.3. The lowest BCUT2D eigenvalue weighted by Gasteiger charge is -2.14. The standard InChI is InChI=1S/C24H24N2O4S2.C5H8N2O/c1-4-18-13-22-19(21(5-2)25-18)10-11-23(27)26(22)14-16-6-8-17(9-7-16)20-12-15(3)31-24(20)32(28,29)30;1-3-4(2)8-7-5(3)6/h6-13H,4-5,14H2,1-3H3,(H,28,29,30);1-2H3,(H2,6,7). The van der Waals surface area contributed by atoms with Gasteiger partial charge < -0.3 is 14.8 Å². The van der Waals surface area contributed by atoms with E-state index in [9.17, 15) is 17.8 Å². The molecule has 0 radical (unpaired) electrons. The Balaban J connectivity index is 0.000000398. The van der Waals surface area contributed by atoms with Gasteiger partial charge in [0.1, 0.15) is 5.76 Å². The second-order valence-electron chi connectivity index (χ2n) is 9.44. The Kier molecular flexibility index (Phi) is 8.57. The van der Waals surface area contributed by atoms with Crippen molar-refractivity contribution in [2.45, 2.75) is 58.2 Å². The van der Waals surface area contributed by atoms with E-state index in [0.29, 0.717) is 23.5 Å². The molecule has 210 valence electrons. The minimum Gasteiger partial charge on any atom is -0.381 e. The van der Waals surface area contributed by atoms with Crippen LogP contribution in [-0.4, -0.2) is 27.7 Å². The summed E-state index contributed by atoms with van der Waals surface area (Å²) in [4.78, 5) is 18.2. The van der Waals surface area contributed by atoms with Crippen LogP contribution in [0.15, 0.2) is 62.1 Å². The fourth-order valence-electron chi connectivity index (χ4n) is 4.32. The van der Waals surface area contributed by atoms with Crippen LogP contribution in [0.5, 0.6) is 0 Å². The van der Waals surface area contributed by atoms with Gasteiger partial charge in [0, 0.05) is 38.8 Å². The molecule has 4 aromatic heterocycles. The average Bonchev–Trinajstić information content (AvgIpc) is 3.47. The number of fused-ring (bicyclic) bond motifs is 1. The Morgan fingerprint density at radius 2 is 1.73 bits per heavy atom. The predicted molar refractivity (Wildman–Crippen MR) is 159 cm³/mol. The van der Waals surface area contributed by atoms with E-state index in [0.717, 1.165) is 68.2 Å². The number of hydrogen-bond acceptors (Lipinski definition) is 8. The smallest absolute Gasteiger partial charge is 0.304 e. The van der Waals surface area contributed by atoms with E-state index in [4.69, 9.17) is 15.2 Å². The number of benzene rings is 1. The zero-order chi connectivity index (χ0) is 29.2. The summed E-state index contributed by atoms with van der Waals surface area (Å²) < 4.78 is 39.4. The molecule has 4 heterocycles. The number of aromatic nitrogens is 3. The second kappa shape index (κ2) is 11.7. The van der Waals surface area contributed by atoms with Gasteiger partial charge in [-0.15, -0.1) is 11.3 Å². The highest BCUT2D eigenvalue weighted by atomic mass is 32.3. The first kappa shape index (κ1) is 29.2. The van der Waals surface area contributed by atoms with E-state index < -0.39 is 10.1 Å². The van der Waals surface area contributed by atoms with Crippen molar-refractivity contribution in [1.82, 2.24) is 14.7 Å². The third-order valence-electron chi connectivity index (χ3n) is 6.67. The summed E-state index contributed by atoms with van der Waals surface area (Å²) in [7, 11) is -4.30. The van der Waals surface area contributed by atoms with E-state index >= 15 is 0 Å². The van der Waals surface area contributed by atoms with Crippen molar-refractivity contribution in [2.24, 2.45) is 0 Å². The molecule has 3 N–H and O–H groups in total. The maximum Gasteiger partial charge on any atom is 0.304 e. The summed E-state index contributed by atoms with van der Waals surface area (Å²) in [6.07, 6.45) is 1.57. The average molecular weight is 581 g/mol. The lowest BCUT2D eigenvalue weighted by molar-refractivity contribution is 0.399. The van der Waals surface area contributed by atoms with Gasteiger partial charge in [0.15, 0.2) is 10.0 Å². The van der Waals surface area contributed by atoms with Crippen LogP contribution in [0.25, 0.3) is 22.0 Å². The molecule has 1 aromatic carbocycles. The molecule has 0 bridgehead atoms. The number of thiophene rings is 1. The lowest BCUT2D eigenvalue weighted by Crippen LogP contribution is -2.20. The van der Waals surface area contributed by atoms with Crippen LogP contribution in [0.1, 0.15) is 47.0 Å². The third kappa shape index (κ3) is 6.16. The number of nitrogens with zero attached hydrogens (tertiary/aromatic N) is 3. The Hall–Kier alpha value is -3.80. The Morgan fingerprint density at radius 1 is 1.02 bits per heavy atom. The zero-order valence-corrected chi connectivity index (χ0v) is 24.7. The van der Waals surface area contributed by atoms with Crippen LogP contribution in [0.4, 0.5) is 5.82 Å². The van der Waals surface area contributed by atoms with Crippen molar-refractivity contribution >= 4 is 38.2 Å². The fourth-order valence-corrected chi connectivity index (χ4v) is 6.35. The maximum absolute atomic E-state index is 12.7. The minimum absolute atomic E-state index is 0.0558. The molecule has 0 saturated heterocycles. The molecule has 11 heteroatoms. The highest BCUT2D eigenvalue weighted by molar-refractivity contribution is 7.88. The number of pyridine rings is 2. The van der Waals surface area contributed by atoms with Gasteiger partial charge in [0.2, 0.25) is 0 Å². The topological polar surface area (TPSA) is 141 Å². The minimum atomic E-state index is -4.30. The number of hydrogen-bond donors (Lipinski definition) is 2. The van der Waals surface area contributed by atoms with Crippen LogP contribution in [0.2, 0.25) is 0 Å². The first-order chi connectivity index (χ1) is 18.9. The van der Waals surface area contributed by atoms with Crippen molar-refractivity contribution in [1.29, 1.82) is 0 Å². The summed E-state index contributed by atoms with van der Waals surface area (Å²) in [5, 5.41) is 4.50. The SMILES string of the molecule is CCc1cc2c(ccc(=O)n2Cc2ccc(-c3cc(C)sc3S(=O)(=O)O)cc2)c(CC)n1.Cc1onc(N)c1C. The number of nitrogens with two attached hydrogens (primary N) is 1. The number of anilines is 1. The molecule has 0 atom stereocenters. The Morgan fingerprint density at radius 3 is 2.25 bits per heavy atom. The van der Waals surface area contributed by atoms with Gasteiger partial charge in [0.05, 0.1) is 12.1 Å². The van der Waals surface area contributed by atoms with Crippen LogP contribution < -0.4 is 11.3 Å². The third-order valence-corrected chi connectivity index (χ3v) is 9.09. The molecule has 5 aromatic rings. The largest absolute Gasteiger partial charge is 0.381 e. The van der Waals surface area contributed by atoms with Gasteiger partial charge in [-0.1, -0.05) is 43.3 Å². The Labute approximate surface area is 237 Å². The molecular formula is C29H32N4O5S2. The first-order valence-corrected chi connectivity index (χ1v) is 15.1. The van der Waals surface area contributed by atoms with Crippen LogP contribution >= 0.6 is 11.3 Å². The van der Waals surface area contributed by atoms with Gasteiger partial charge in [-0.2, -0.15) is 8.42 Å². The number of nitrogen functional groups attached to an aromatic ring is 1. The molecule has 0 unspecified atom stereocenters. The van der Waals surface area contributed by atoms with Crippen LogP contribution in [0.3, 0.4) is 0 Å². The number of aryl methyl sites for hydroxylation is 4. The van der Waals surface area contributed by atoms with Gasteiger partial charge in [-0.25, -0.2) is 0 Å². The van der Waals surface area contributed by atoms with E-state index in [1.165, 1.54) is 0 Å². The first-order valence-electron chi connectivity index (χ1n) is 12.8. The molecule has 0 fully saturated rings. The van der Waals surface area contributed by atoms with Crippen molar-refractivity contribution < 1.29 is 17.5 Å². The molecule has 0 amide bonds. The highest BCUT2D eigenvalue weighted by Crippen LogP contribution is 2.35. The van der Waals surface area contributed by atoms with E-state index in [-0.39, 0.29) is 9.77 Å². The molecule has 0 aliphatic carbocycles. The van der Waals surface area contributed by atoms with E-state index in [1.54, 1.807) is 23.6 Å². The zero-order valence-electron chi connectivity index (χ0n) is 23.1. The van der Waals surface area contributed by atoms with Gasteiger partial charge in [-0.05, 0) is 62.9 Å². The summed E-state index contributed by atoms with van der Waals surface area (Å²) in [6.45, 7) is 10.0. The van der Waals surface area contributed by atoms with Crippen molar-refractivity contribution in [3.63, 3.8) is 0 Å². The summed E-state index contributed by atoms with van der Waals surface area (Å²) in [5.41, 5.74) is 11.1. The molecule has 0 saturated carbocycles. The van der Waals surface area contributed by atoms with Gasteiger partial charge >= 0.3 is 10.1 Å². The highest BCUT2D eigenvalue weighted by Gasteiger charge is 2.20. The van der Waals surface area contributed by atoms with Crippen molar-refractivity contribution in [3.05, 3.63) is 92.0 Å². The molecule has 0 spiro atoms. The molecular weight excluding hydrogens is 548 g/mol. The fraction of sp³-hybridized carbons (Fsp3) is 0.276. The quantitative estimate of drug-likeness (QED) is 0.243. The molecule has 40 heavy (non-hydrogen) atoms. The summed E-state index contributed by atoms with van der Waals surface area (Å²) in [6, 6.07) is 14.6. The molecule has 0 aliphatic heterocycles. The molecule has 0 aliphatic rings. The van der Waals surface area contributed by atoms with Crippen molar-refractivity contribution in [2.75, 3.05) is 5.73 Å². The van der Waals surface area contributed by atoms with Gasteiger partial charge in [-0.3, -0.25) is 14.3 Å². The van der Waals surface area contributed by atoms with Crippen LogP contribution in [0, 0.1) is 20.8 Å². The monoisotopic (exact) mass is 580 g/mol. The maximum atomic E-state index is 12.7. The van der Waals surface area contributed by atoms with Gasteiger partial charge in [0.25, 0.3) is 5.56 Å². The number of rotatable bonds is 6. The van der Waals surface area contributed by atoms with E-state index in [1.807, 2.05) is 57.2 Å². The Bertz CT molecular complexity index is 1820.